The Morgan fingerprint density at radius 1 is 0.365 bits per heavy atom. The van der Waals surface area contributed by atoms with Crippen molar-refractivity contribution in [3.05, 3.63) is 0 Å². The van der Waals surface area contributed by atoms with Gasteiger partial charge in [0.25, 0.3) is 0 Å². The molecule has 0 aliphatic carbocycles. The SMILES string of the molecule is CCCCCCCCCCCCCCCCCCCCCN(CCCCCCCCCCCCCCCCCCCCC)C(CCC)CC(=O)[O-].[Na+]. The molecule has 0 rings (SSSR count). The Morgan fingerprint density at radius 2 is 0.577 bits per heavy atom. The van der Waals surface area contributed by atoms with Crippen molar-refractivity contribution in [1.29, 1.82) is 0 Å². The molecule has 0 heterocycles. The molecule has 0 fully saturated rings. The fourth-order valence-corrected chi connectivity index (χ4v) is 8.20. The third-order valence-corrected chi connectivity index (χ3v) is 11.6. The van der Waals surface area contributed by atoms with Crippen molar-refractivity contribution in [3.8, 4) is 0 Å². The van der Waals surface area contributed by atoms with Crippen molar-refractivity contribution in [2.75, 3.05) is 13.1 Å². The Morgan fingerprint density at radius 3 is 0.769 bits per heavy atom. The van der Waals surface area contributed by atoms with Crippen LogP contribution in [0.2, 0.25) is 0 Å². The van der Waals surface area contributed by atoms with E-state index in [0.717, 1.165) is 25.9 Å². The molecule has 0 aromatic rings. The molecule has 1 unspecified atom stereocenters. The van der Waals surface area contributed by atoms with Gasteiger partial charge in [-0.2, -0.15) is 0 Å². The van der Waals surface area contributed by atoms with Gasteiger partial charge < -0.3 is 14.8 Å². The van der Waals surface area contributed by atoms with Crippen LogP contribution in [0.1, 0.15) is 284 Å². The van der Waals surface area contributed by atoms with Crippen LogP contribution in [-0.4, -0.2) is 30.0 Å². The van der Waals surface area contributed by atoms with Crippen LogP contribution in [0.15, 0.2) is 0 Å². The third-order valence-electron chi connectivity index (χ3n) is 11.6. The maximum absolute atomic E-state index is 11.6. The number of carboxylic acid groups (broad SMARTS) is 1. The molecule has 0 saturated carbocycles. The van der Waals surface area contributed by atoms with Crippen molar-refractivity contribution in [1.82, 2.24) is 4.90 Å². The summed E-state index contributed by atoms with van der Waals surface area (Å²) < 4.78 is 0. The van der Waals surface area contributed by atoms with Crippen molar-refractivity contribution in [2.24, 2.45) is 0 Å². The van der Waals surface area contributed by atoms with E-state index in [4.69, 9.17) is 0 Å². The molecule has 0 N–H and O–H groups in total. The molecule has 0 spiro atoms. The molecule has 1 atom stereocenters. The summed E-state index contributed by atoms with van der Waals surface area (Å²) in [5.74, 6) is -0.875. The van der Waals surface area contributed by atoms with Crippen LogP contribution in [0.25, 0.3) is 0 Å². The molecule has 0 aromatic heterocycles. The molecule has 4 heteroatoms. The number of carbonyl (C=O) groups excluding carboxylic acids is 1. The van der Waals surface area contributed by atoms with Gasteiger partial charge in [-0.05, 0) is 32.4 Å². The summed E-state index contributed by atoms with van der Waals surface area (Å²) in [4.78, 5) is 14.1. The van der Waals surface area contributed by atoms with Crippen molar-refractivity contribution >= 4 is 5.97 Å². The second-order valence-corrected chi connectivity index (χ2v) is 16.8. The van der Waals surface area contributed by atoms with E-state index in [-0.39, 0.29) is 42.0 Å². The van der Waals surface area contributed by atoms with E-state index in [9.17, 15) is 9.90 Å². The molecular formula is C48H96NNaO2. The van der Waals surface area contributed by atoms with Crippen molar-refractivity contribution < 1.29 is 39.5 Å². The van der Waals surface area contributed by atoms with Gasteiger partial charge in [-0.3, -0.25) is 0 Å². The summed E-state index contributed by atoms with van der Waals surface area (Å²) in [6.07, 6.45) is 55.7. The van der Waals surface area contributed by atoms with Gasteiger partial charge in [-0.25, -0.2) is 0 Å². The maximum Gasteiger partial charge on any atom is 1.00 e. The molecule has 3 nitrogen and oxygen atoms in total. The summed E-state index contributed by atoms with van der Waals surface area (Å²) in [7, 11) is 0. The second-order valence-electron chi connectivity index (χ2n) is 16.8. The number of hydrogen-bond acceptors (Lipinski definition) is 3. The standard InChI is InChI=1S/C48H97NO2.Na/c1-4-7-9-11-13-15-17-19-21-23-25-27-29-31-33-35-37-39-41-44-49(47(43-6-3)46-48(50)51)45-42-40-38-36-34-32-30-28-26-24-22-20-18-16-14-12-10-8-5-2;/h47H,4-46H2,1-3H3,(H,50,51);/q;+1/p-1. The normalized spacial score (nSPS) is 12.1. The van der Waals surface area contributed by atoms with Gasteiger partial charge in [-0.1, -0.05) is 258 Å². The monoisotopic (exact) mass is 742 g/mol. The molecule has 0 amide bonds. The number of aliphatic carboxylic acids is 1. The fourth-order valence-electron chi connectivity index (χ4n) is 8.20. The summed E-state index contributed by atoms with van der Waals surface area (Å²) in [5, 5.41) is 11.6. The number of carbonyl (C=O) groups is 1. The molecule has 0 aromatic carbocycles. The minimum atomic E-state index is -0.875. The van der Waals surface area contributed by atoms with Crippen LogP contribution >= 0.6 is 0 Å². The first-order valence-electron chi connectivity index (χ1n) is 24.1. The summed E-state index contributed by atoms with van der Waals surface area (Å²) in [6.45, 7) is 8.92. The second kappa shape index (κ2) is 47.6. The average molecular weight is 742 g/mol. The Kier molecular flexibility index (Phi) is 49.9. The zero-order valence-corrected chi connectivity index (χ0v) is 38.7. The predicted molar refractivity (Wildman–Crippen MR) is 227 cm³/mol. The van der Waals surface area contributed by atoms with Crippen LogP contribution in [0.5, 0.6) is 0 Å². The molecule has 0 aliphatic heterocycles. The summed E-state index contributed by atoms with van der Waals surface area (Å²) in [5.41, 5.74) is 0. The quantitative estimate of drug-likeness (QED) is 0.0461. The number of nitrogens with zero attached hydrogens (tertiary/aromatic N) is 1. The van der Waals surface area contributed by atoms with Crippen LogP contribution in [0.3, 0.4) is 0 Å². The Bertz CT molecular complexity index is 616. The van der Waals surface area contributed by atoms with E-state index >= 15 is 0 Å². The molecule has 306 valence electrons. The minimum Gasteiger partial charge on any atom is -0.550 e. The van der Waals surface area contributed by atoms with E-state index < -0.39 is 5.97 Å². The average Bonchev–Trinajstić information content (AvgIpc) is 3.12. The largest absolute Gasteiger partial charge is 1.00 e. The van der Waals surface area contributed by atoms with Crippen molar-refractivity contribution in [3.63, 3.8) is 0 Å². The van der Waals surface area contributed by atoms with Gasteiger partial charge in [0.05, 0.1) is 0 Å². The molecular weight excluding hydrogens is 646 g/mol. The zero-order valence-electron chi connectivity index (χ0n) is 36.7. The van der Waals surface area contributed by atoms with Gasteiger partial charge in [0.1, 0.15) is 0 Å². The first-order valence-corrected chi connectivity index (χ1v) is 24.1. The van der Waals surface area contributed by atoms with E-state index in [1.807, 2.05) is 0 Å². The van der Waals surface area contributed by atoms with Gasteiger partial charge >= 0.3 is 29.6 Å². The summed E-state index contributed by atoms with van der Waals surface area (Å²) >= 11 is 0. The smallest absolute Gasteiger partial charge is 0.550 e. The first kappa shape index (κ1) is 54.5. The fraction of sp³-hybridized carbons (Fsp3) is 0.979. The van der Waals surface area contributed by atoms with Gasteiger partial charge in [-0.15, -0.1) is 0 Å². The van der Waals surface area contributed by atoms with E-state index in [1.54, 1.807) is 0 Å². The Balaban J connectivity index is 0. The molecule has 52 heavy (non-hydrogen) atoms. The Hall–Kier alpha value is 0.430. The van der Waals surface area contributed by atoms with Gasteiger partial charge in [0.2, 0.25) is 0 Å². The molecule has 0 aliphatic rings. The number of rotatable bonds is 45. The maximum atomic E-state index is 11.6. The molecule has 0 radical (unpaired) electrons. The first-order chi connectivity index (χ1) is 25.2. The molecule has 0 saturated heterocycles. The third kappa shape index (κ3) is 43.2. The summed E-state index contributed by atoms with van der Waals surface area (Å²) in [6, 6.07) is 0.158. The van der Waals surface area contributed by atoms with Crippen LogP contribution < -0.4 is 34.7 Å². The minimum absolute atomic E-state index is 0. The van der Waals surface area contributed by atoms with Crippen LogP contribution in [0.4, 0.5) is 0 Å². The number of carboxylic acids is 1. The van der Waals surface area contributed by atoms with Crippen LogP contribution in [-0.2, 0) is 4.79 Å². The number of unbranched alkanes of at least 4 members (excludes halogenated alkanes) is 36. The van der Waals surface area contributed by atoms with Crippen LogP contribution in [0, 0.1) is 0 Å². The van der Waals surface area contributed by atoms with E-state index in [1.165, 1.54) is 244 Å². The van der Waals surface area contributed by atoms with E-state index in [0.29, 0.717) is 0 Å². The van der Waals surface area contributed by atoms with Gasteiger partial charge in [0, 0.05) is 18.4 Å². The predicted octanol–water partition coefficient (Wildman–Crippen LogP) is 12.5. The Labute approximate surface area is 351 Å². The van der Waals surface area contributed by atoms with E-state index in [2.05, 4.69) is 25.7 Å². The van der Waals surface area contributed by atoms with Crippen molar-refractivity contribution in [2.45, 2.75) is 290 Å². The molecule has 0 bridgehead atoms. The zero-order chi connectivity index (χ0) is 37.1. The topological polar surface area (TPSA) is 43.4 Å². The van der Waals surface area contributed by atoms with Gasteiger partial charge in [0.15, 0.2) is 0 Å². The number of hydrogen-bond donors (Lipinski definition) is 0.